The predicted octanol–water partition coefficient (Wildman–Crippen LogP) is 2.09. The van der Waals surface area contributed by atoms with E-state index in [0.29, 0.717) is 12.8 Å². The average molecular weight is 246 g/mol. The Labute approximate surface area is 108 Å². The van der Waals surface area contributed by atoms with E-state index in [9.17, 15) is 4.79 Å². The number of rotatable bonds is 4. The van der Waals surface area contributed by atoms with Gasteiger partial charge in [0.2, 0.25) is 0 Å². The maximum Gasteiger partial charge on any atom is 0.313 e. The molecule has 1 aromatic rings. The summed E-state index contributed by atoms with van der Waals surface area (Å²) in [6.45, 7) is 2.03. The Hall–Kier alpha value is -1.79. The van der Waals surface area contributed by atoms with Crippen LogP contribution in [-0.4, -0.2) is 24.8 Å². The van der Waals surface area contributed by atoms with E-state index in [0.717, 1.165) is 11.1 Å². The molecule has 0 saturated heterocycles. The number of benzene rings is 1. The Bertz CT molecular complexity index is 437. The molecule has 0 aromatic heterocycles. The van der Waals surface area contributed by atoms with Gasteiger partial charge in [-0.1, -0.05) is 30.9 Å². The van der Waals surface area contributed by atoms with Crippen LogP contribution in [0.5, 0.6) is 0 Å². The third kappa shape index (κ3) is 3.90. The SMILES string of the molecule is CC[C@@H](C(=O)OC)c1ccc(C#CCCO)cc1. The van der Waals surface area contributed by atoms with Crippen LogP contribution in [0.3, 0.4) is 0 Å². The molecule has 0 amide bonds. The first-order valence-electron chi connectivity index (χ1n) is 6.00. The average Bonchev–Trinajstić information content (AvgIpc) is 2.41. The first kappa shape index (κ1) is 14.3. The molecular formula is C15H18O3. The van der Waals surface area contributed by atoms with E-state index in [2.05, 4.69) is 11.8 Å². The van der Waals surface area contributed by atoms with Gasteiger partial charge in [-0.2, -0.15) is 0 Å². The van der Waals surface area contributed by atoms with Crippen molar-refractivity contribution in [2.75, 3.05) is 13.7 Å². The van der Waals surface area contributed by atoms with Gasteiger partial charge in [-0.05, 0) is 24.1 Å². The molecule has 1 rings (SSSR count). The van der Waals surface area contributed by atoms with Crippen LogP contribution in [0.1, 0.15) is 36.8 Å². The van der Waals surface area contributed by atoms with Crippen LogP contribution in [0.4, 0.5) is 0 Å². The van der Waals surface area contributed by atoms with E-state index in [1.165, 1.54) is 7.11 Å². The Balaban J connectivity index is 2.82. The highest BCUT2D eigenvalue weighted by atomic mass is 16.5. The molecule has 0 aliphatic rings. The van der Waals surface area contributed by atoms with Gasteiger partial charge in [-0.15, -0.1) is 0 Å². The number of aliphatic hydroxyl groups is 1. The van der Waals surface area contributed by atoms with Crippen molar-refractivity contribution in [2.45, 2.75) is 25.7 Å². The van der Waals surface area contributed by atoms with Crippen LogP contribution in [0, 0.1) is 11.8 Å². The molecule has 0 heterocycles. The molecule has 3 heteroatoms. The predicted molar refractivity (Wildman–Crippen MR) is 70.1 cm³/mol. The molecular weight excluding hydrogens is 228 g/mol. The third-order valence-electron chi connectivity index (χ3n) is 2.68. The molecule has 3 nitrogen and oxygen atoms in total. The molecule has 18 heavy (non-hydrogen) atoms. The standard InChI is InChI=1S/C15H18O3/c1-3-14(15(17)18-2)13-9-7-12(8-10-13)6-4-5-11-16/h7-10,14,16H,3,5,11H2,1-2H3/t14-/m1/s1. The minimum Gasteiger partial charge on any atom is -0.469 e. The molecule has 0 fully saturated rings. The summed E-state index contributed by atoms with van der Waals surface area (Å²) in [7, 11) is 1.40. The lowest BCUT2D eigenvalue weighted by Crippen LogP contribution is -2.13. The number of hydrogen-bond acceptors (Lipinski definition) is 3. The highest BCUT2D eigenvalue weighted by Gasteiger charge is 2.18. The molecule has 1 atom stereocenters. The van der Waals surface area contributed by atoms with Gasteiger partial charge in [-0.25, -0.2) is 0 Å². The zero-order valence-electron chi connectivity index (χ0n) is 10.8. The van der Waals surface area contributed by atoms with E-state index in [1.54, 1.807) is 0 Å². The normalized spacial score (nSPS) is 11.3. The zero-order chi connectivity index (χ0) is 13.4. The van der Waals surface area contributed by atoms with Crippen molar-refractivity contribution in [3.63, 3.8) is 0 Å². The summed E-state index contributed by atoms with van der Waals surface area (Å²) in [6.07, 6.45) is 1.18. The van der Waals surface area contributed by atoms with E-state index in [1.807, 2.05) is 31.2 Å². The molecule has 0 unspecified atom stereocenters. The lowest BCUT2D eigenvalue weighted by atomic mass is 9.96. The van der Waals surface area contributed by atoms with Gasteiger partial charge in [-0.3, -0.25) is 4.79 Å². The first-order valence-corrected chi connectivity index (χ1v) is 6.00. The number of ether oxygens (including phenoxy) is 1. The fourth-order valence-electron chi connectivity index (χ4n) is 1.70. The molecule has 96 valence electrons. The Kier molecular flexibility index (Phi) is 5.96. The van der Waals surface area contributed by atoms with Crippen molar-refractivity contribution in [2.24, 2.45) is 0 Å². The van der Waals surface area contributed by atoms with Gasteiger partial charge in [0.25, 0.3) is 0 Å². The largest absolute Gasteiger partial charge is 0.469 e. The van der Waals surface area contributed by atoms with Crippen molar-refractivity contribution < 1.29 is 14.6 Å². The summed E-state index contributed by atoms with van der Waals surface area (Å²) in [5.41, 5.74) is 1.82. The van der Waals surface area contributed by atoms with Crippen LogP contribution in [-0.2, 0) is 9.53 Å². The number of methoxy groups -OCH3 is 1. The highest BCUT2D eigenvalue weighted by Crippen LogP contribution is 2.21. The van der Waals surface area contributed by atoms with Crippen LogP contribution < -0.4 is 0 Å². The fraction of sp³-hybridized carbons (Fsp3) is 0.400. The van der Waals surface area contributed by atoms with Crippen molar-refractivity contribution in [1.82, 2.24) is 0 Å². The number of esters is 1. The van der Waals surface area contributed by atoms with Gasteiger partial charge in [0, 0.05) is 12.0 Å². The smallest absolute Gasteiger partial charge is 0.313 e. The zero-order valence-corrected chi connectivity index (χ0v) is 10.8. The van der Waals surface area contributed by atoms with Crippen molar-refractivity contribution in [1.29, 1.82) is 0 Å². The molecule has 1 aromatic carbocycles. The van der Waals surface area contributed by atoms with Crippen LogP contribution in [0.2, 0.25) is 0 Å². The maximum atomic E-state index is 11.6. The Morgan fingerprint density at radius 3 is 2.56 bits per heavy atom. The van der Waals surface area contributed by atoms with Gasteiger partial charge >= 0.3 is 5.97 Å². The van der Waals surface area contributed by atoms with Crippen LogP contribution in [0.25, 0.3) is 0 Å². The quantitative estimate of drug-likeness (QED) is 0.653. The van der Waals surface area contributed by atoms with E-state index < -0.39 is 0 Å². The fourth-order valence-corrected chi connectivity index (χ4v) is 1.70. The number of carbonyl (C=O) groups excluding carboxylic acids is 1. The third-order valence-corrected chi connectivity index (χ3v) is 2.68. The van der Waals surface area contributed by atoms with Crippen LogP contribution >= 0.6 is 0 Å². The van der Waals surface area contributed by atoms with E-state index in [-0.39, 0.29) is 18.5 Å². The van der Waals surface area contributed by atoms with E-state index >= 15 is 0 Å². The molecule has 1 N–H and O–H groups in total. The summed E-state index contributed by atoms with van der Waals surface area (Å²) in [6, 6.07) is 7.55. The molecule has 0 aliphatic heterocycles. The molecule has 0 aliphatic carbocycles. The summed E-state index contributed by atoms with van der Waals surface area (Å²) in [5.74, 6) is 5.38. The van der Waals surface area contributed by atoms with E-state index in [4.69, 9.17) is 9.84 Å². The van der Waals surface area contributed by atoms with Crippen molar-refractivity contribution in [3.05, 3.63) is 35.4 Å². The molecule has 0 bridgehead atoms. The summed E-state index contributed by atoms with van der Waals surface area (Å²) in [4.78, 5) is 11.6. The first-order chi connectivity index (χ1) is 8.72. The monoisotopic (exact) mass is 246 g/mol. The lowest BCUT2D eigenvalue weighted by molar-refractivity contribution is -0.142. The number of carbonyl (C=O) groups is 1. The number of hydrogen-bond donors (Lipinski definition) is 1. The Morgan fingerprint density at radius 2 is 2.06 bits per heavy atom. The van der Waals surface area contributed by atoms with Gasteiger partial charge in [0.1, 0.15) is 0 Å². The Morgan fingerprint density at radius 1 is 1.39 bits per heavy atom. The summed E-state index contributed by atoms with van der Waals surface area (Å²) in [5, 5.41) is 8.63. The van der Waals surface area contributed by atoms with Crippen molar-refractivity contribution in [3.8, 4) is 11.8 Å². The number of aliphatic hydroxyl groups excluding tert-OH is 1. The minimum atomic E-state index is -0.213. The van der Waals surface area contributed by atoms with Crippen molar-refractivity contribution >= 4 is 5.97 Å². The summed E-state index contributed by atoms with van der Waals surface area (Å²) >= 11 is 0. The molecule has 0 saturated carbocycles. The van der Waals surface area contributed by atoms with Gasteiger partial charge in [0.05, 0.1) is 19.6 Å². The maximum absolute atomic E-state index is 11.6. The second-order valence-corrected chi connectivity index (χ2v) is 3.88. The summed E-state index contributed by atoms with van der Waals surface area (Å²) < 4.78 is 4.77. The lowest BCUT2D eigenvalue weighted by Gasteiger charge is -2.12. The van der Waals surface area contributed by atoms with Gasteiger partial charge < -0.3 is 9.84 Å². The topological polar surface area (TPSA) is 46.5 Å². The highest BCUT2D eigenvalue weighted by molar-refractivity contribution is 5.78. The second kappa shape index (κ2) is 7.52. The van der Waals surface area contributed by atoms with Gasteiger partial charge in [0.15, 0.2) is 0 Å². The molecule has 0 spiro atoms. The minimum absolute atomic E-state index is 0.0747. The molecule has 0 radical (unpaired) electrons. The second-order valence-electron chi connectivity index (χ2n) is 3.88. The van der Waals surface area contributed by atoms with Crippen LogP contribution in [0.15, 0.2) is 24.3 Å².